The van der Waals surface area contributed by atoms with Crippen LogP contribution < -0.4 is 5.32 Å². The van der Waals surface area contributed by atoms with Gasteiger partial charge in [-0.2, -0.15) is 0 Å². The Morgan fingerprint density at radius 1 is 1.31 bits per heavy atom. The summed E-state index contributed by atoms with van der Waals surface area (Å²) < 4.78 is 0. The SMILES string of the molecule is CCC(CO)NC(=O)CC1CCCCCC1. The van der Waals surface area contributed by atoms with Gasteiger partial charge in [0, 0.05) is 6.42 Å². The molecule has 0 aromatic heterocycles. The van der Waals surface area contributed by atoms with Gasteiger partial charge in [0.1, 0.15) is 0 Å². The largest absolute Gasteiger partial charge is 0.394 e. The molecule has 0 spiro atoms. The van der Waals surface area contributed by atoms with E-state index in [-0.39, 0.29) is 18.6 Å². The number of rotatable bonds is 5. The molecule has 0 aromatic carbocycles. The van der Waals surface area contributed by atoms with E-state index in [1.807, 2.05) is 6.92 Å². The third kappa shape index (κ3) is 4.97. The summed E-state index contributed by atoms with van der Waals surface area (Å²) in [6.07, 6.45) is 9.04. The van der Waals surface area contributed by atoms with Gasteiger partial charge in [-0.15, -0.1) is 0 Å². The summed E-state index contributed by atoms with van der Waals surface area (Å²) in [5.74, 6) is 0.687. The molecule has 0 heterocycles. The van der Waals surface area contributed by atoms with Gasteiger partial charge in [-0.25, -0.2) is 0 Å². The molecule has 0 aromatic rings. The lowest BCUT2D eigenvalue weighted by Crippen LogP contribution is -2.37. The van der Waals surface area contributed by atoms with Crippen molar-refractivity contribution in [2.24, 2.45) is 5.92 Å². The Hall–Kier alpha value is -0.570. The zero-order chi connectivity index (χ0) is 11.8. The van der Waals surface area contributed by atoms with Crippen LogP contribution in [0.5, 0.6) is 0 Å². The lowest BCUT2D eigenvalue weighted by atomic mass is 9.96. The number of amides is 1. The quantitative estimate of drug-likeness (QED) is 0.708. The van der Waals surface area contributed by atoms with E-state index < -0.39 is 0 Å². The number of carbonyl (C=O) groups is 1. The molecular formula is C13H25NO2. The van der Waals surface area contributed by atoms with Crippen LogP contribution in [0.3, 0.4) is 0 Å². The smallest absolute Gasteiger partial charge is 0.220 e. The highest BCUT2D eigenvalue weighted by Gasteiger charge is 2.17. The highest BCUT2D eigenvalue weighted by molar-refractivity contribution is 5.76. The highest BCUT2D eigenvalue weighted by atomic mass is 16.3. The summed E-state index contributed by atoms with van der Waals surface area (Å²) in [4.78, 5) is 11.7. The van der Waals surface area contributed by atoms with Crippen molar-refractivity contribution >= 4 is 5.91 Å². The maximum absolute atomic E-state index is 11.7. The minimum Gasteiger partial charge on any atom is -0.394 e. The molecule has 3 nitrogen and oxygen atoms in total. The van der Waals surface area contributed by atoms with Gasteiger partial charge in [0.15, 0.2) is 0 Å². The topological polar surface area (TPSA) is 49.3 Å². The number of hydrogen-bond donors (Lipinski definition) is 2. The second kappa shape index (κ2) is 7.66. The fourth-order valence-electron chi connectivity index (χ4n) is 2.39. The van der Waals surface area contributed by atoms with E-state index in [2.05, 4.69) is 5.32 Å². The monoisotopic (exact) mass is 227 g/mol. The van der Waals surface area contributed by atoms with Crippen LogP contribution >= 0.6 is 0 Å². The Labute approximate surface area is 98.6 Å². The van der Waals surface area contributed by atoms with Crippen molar-refractivity contribution in [2.75, 3.05) is 6.61 Å². The summed E-state index contributed by atoms with van der Waals surface area (Å²) in [5.41, 5.74) is 0. The molecule has 1 unspecified atom stereocenters. The Balaban J connectivity index is 2.26. The minimum atomic E-state index is -0.0571. The first kappa shape index (κ1) is 13.5. The molecule has 94 valence electrons. The van der Waals surface area contributed by atoms with Crippen molar-refractivity contribution in [1.82, 2.24) is 5.32 Å². The molecule has 0 radical (unpaired) electrons. The fraction of sp³-hybridized carbons (Fsp3) is 0.923. The van der Waals surface area contributed by atoms with E-state index in [9.17, 15) is 4.79 Å². The van der Waals surface area contributed by atoms with Gasteiger partial charge >= 0.3 is 0 Å². The molecule has 1 atom stereocenters. The van der Waals surface area contributed by atoms with Crippen molar-refractivity contribution in [2.45, 2.75) is 64.3 Å². The van der Waals surface area contributed by atoms with Crippen LogP contribution in [0.1, 0.15) is 58.3 Å². The third-order valence-corrected chi connectivity index (χ3v) is 3.53. The lowest BCUT2D eigenvalue weighted by Gasteiger charge is -2.17. The Morgan fingerprint density at radius 3 is 2.44 bits per heavy atom. The van der Waals surface area contributed by atoms with E-state index >= 15 is 0 Å². The van der Waals surface area contributed by atoms with Gasteiger partial charge in [-0.1, -0.05) is 32.6 Å². The second-order valence-electron chi connectivity index (χ2n) is 4.92. The lowest BCUT2D eigenvalue weighted by molar-refractivity contribution is -0.123. The van der Waals surface area contributed by atoms with Crippen LogP contribution in [-0.4, -0.2) is 23.7 Å². The Morgan fingerprint density at radius 2 is 1.94 bits per heavy atom. The van der Waals surface area contributed by atoms with Crippen LogP contribution in [0.4, 0.5) is 0 Å². The number of nitrogens with one attached hydrogen (secondary N) is 1. The molecule has 1 aliphatic carbocycles. The molecule has 1 aliphatic rings. The molecule has 1 amide bonds. The van der Waals surface area contributed by atoms with Gasteiger partial charge in [0.25, 0.3) is 0 Å². The molecule has 2 N–H and O–H groups in total. The highest BCUT2D eigenvalue weighted by Crippen LogP contribution is 2.25. The van der Waals surface area contributed by atoms with Gasteiger partial charge in [-0.3, -0.25) is 4.79 Å². The van der Waals surface area contributed by atoms with Crippen molar-refractivity contribution < 1.29 is 9.90 Å². The van der Waals surface area contributed by atoms with E-state index in [4.69, 9.17) is 5.11 Å². The summed E-state index contributed by atoms with van der Waals surface area (Å²) in [6.45, 7) is 2.03. The molecule has 1 saturated carbocycles. The first-order chi connectivity index (χ1) is 7.76. The predicted molar refractivity (Wildman–Crippen MR) is 65.1 cm³/mol. The van der Waals surface area contributed by atoms with Crippen LogP contribution in [0.2, 0.25) is 0 Å². The van der Waals surface area contributed by atoms with E-state index in [0.717, 1.165) is 6.42 Å². The number of aliphatic hydroxyl groups is 1. The second-order valence-corrected chi connectivity index (χ2v) is 4.92. The average molecular weight is 227 g/mol. The van der Waals surface area contributed by atoms with Crippen LogP contribution in [0.25, 0.3) is 0 Å². The van der Waals surface area contributed by atoms with Crippen LogP contribution in [0.15, 0.2) is 0 Å². The van der Waals surface area contributed by atoms with Gasteiger partial charge in [0.05, 0.1) is 12.6 Å². The van der Waals surface area contributed by atoms with Crippen molar-refractivity contribution in [3.63, 3.8) is 0 Å². The van der Waals surface area contributed by atoms with Crippen LogP contribution in [0, 0.1) is 5.92 Å². The maximum Gasteiger partial charge on any atom is 0.220 e. The van der Waals surface area contributed by atoms with E-state index in [1.54, 1.807) is 0 Å². The minimum absolute atomic E-state index is 0.0485. The fourth-order valence-corrected chi connectivity index (χ4v) is 2.39. The summed E-state index contributed by atoms with van der Waals surface area (Å²) in [5, 5.41) is 11.9. The maximum atomic E-state index is 11.7. The van der Waals surface area contributed by atoms with Crippen LogP contribution in [-0.2, 0) is 4.79 Å². The van der Waals surface area contributed by atoms with Gasteiger partial charge in [-0.05, 0) is 25.2 Å². The molecule has 16 heavy (non-hydrogen) atoms. The molecular weight excluding hydrogens is 202 g/mol. The van der Waals surface area contributed by atoms with Crippen molar-refractivity contribution in [3.8, 4) is 0 Å². The Kier molecular flexibility index (Phi) is 6.46. The summed E-state index contributed by atoms with van der Waals surface area (Å²) in [7, 11) is 0. The normalized spacial score (nSPS) is 20.1. The van der Waals surface area contributed by atoms with E-state index in [1.165, 1.54) is 38.5 Å². The summed E-state index contributed by atoms with van der Waals surface area (Å²) >= 11 is 0. The molecule has 1 fully saturated rings. The number of aliphatic hydroxyl groups excluding tert-OH is 1. The zero-order valence-electron chi connectivity index (χ0n) is 10.4. The Bertz CT molecular complexity index is 194. The summed E-state index contributed by atoms with van der Waals surface area (Å²) in [6, 6.07) is -0.0571. The standard InChI is InChI=1S/C13H25NO2/c1-2-12(10-15)14-13(16)9-11-7-5-3-4-6-8-11/h11-12,15H,2-10H2,1H3,(H,14,16). The van der Waals surface area contributed by atoms with Gasteiger partial charge < -0.3 is 10.4 Å². The van der Waals surface area contributed by atoms with Crippen molar-refractivity contribution in [3.05, 3.63) is 0 Å². The van der Waals surface area contributed by atoms with Gasteiger partial charge in [0.2, 0.25) is 5.91 Å². The van der Waals surface area contributed by atoms with E-state index in [0.29, 0.717) is 12.3 Å². The van der Waals surface area contributed by atoms with Crippen molar-refractivity contribution in [1.29, 1.82) is 0 Å². The average Bonchev–Trinajstić information content (AvgIpc) is 2.54. The predicted octanol–water partition coefficient (Wildman–Crippen LogP) is 2.23. The zero-order valence-corrected chi connectivity index (χ0v) is 10.4. The molecule has 0 saturated heterocycles. The molecule has 0 bridgehead atoms. The molecule has 1 rings (SSSR count). The molecule has 3 heteroatoms. The molecule has 0 aliphatic heterocycles. The number of hydrogen-bond acceptors (Lipinski definition) is 2. The number of carbonyl (C=O) groups excluding carboxylic acids is 1. The first-order valence-electron chi connectivity index (χ1n) is 6.66. The third-order valence-electron chi connectivity index (χ3n) is 3.53. The first-order valence-corrected chi connectivity index (χ1v) is 6.66.